The molecule has 86 valence electrons. The highest BCUT2D eigenvalue weighted by atomic mass is 16.1. The number of carbonyl (C=O) groups is 1. The third-order valence-corrected chi connectivity index (χ3v) is 4.14. The average molecular weight is 211 g/mol. The Morgan fingerprint density at radius 2 is 2.13 bits per heavy atom. The molecule has 0 bridgehead atoms. The van der Waals surface area contributed by atoms with E-state index in [9.17, 15) is 4.79 Å². The summed E-state index contributed by atoms with van der Waals surface area (Å²) in [5.74, 6) is 1.05. The summed E-state index contributed by atoms with van der Waals surface area (Å²) in [5, 5.41) is 0. The molecule has 4 atom stereocenters. The van der Waals surface area contributed by atoms with Crippen molar-refractivity contribution < 1.29 is 4.79 Å². The van der Waals surface area contributed by atoms with Crippen LogP contribution in [0.1, 0.15) is 26.2 Å². The fraction of sp³-hybridized carbons (Fsp3) is 0.909. The van der Waals surface area contributed by atoms with Gasteiger partial charge in [0, 0.05) is 19.1 Å². The summed E-state index contributed by atoms with van der Waals surface area (Å²) in [6.45, 7) is 3.85. The van der Waals surface area contributed by atoms with Gasteiger partial charge in [-0.1, -0.05) is 6.42 Å². The van der Waals surface area contributed by atoms with Crippen LogP contribution in [0.3, 0.4) is 0 Å². The smallest absolute Gasteiger partial charge is 0.234 e. The van der Waals surface area contributed by atoms with Gasteiger partial charge in [0.15, 0.2) is 0 Å². The lowest BCUT2D eigenvalue weighted by Gasteiger charge is -2.30. The second-order valence-electron chi connectivity index (χ2n) is 5.05. The number of primary amides is 1. The van der Waals surface area contributed by atoms with E-state index in [0.29, 0.717) is 17.9 Å². The maximum atomic E-state index is 11.1. The first-order chi connectivity index (χ1) is 7.09. The summed E-state index contributed by atoms with van der Waals surface area (Å²) in [7, 11) is 0. The van der Waals surface area contributed by atoms with E-state index >= 15 is 0 Å². The lowest BCUT2D eigenvalue weighted by atomic mass is 9.78. The van der Waals surface area contributed by atoms with Crippen molar-refractivity contribution in [3.8, 4) is 0 Å². The number of nitrogens with two attached hydrogens (primary N) is 2. The molecule has 1 heterocycles. The Bertz CT molecular complexity index is 256. The number of rotatable bonds is 2. The quantitative estimate of drug-likeness (QED) is 0.671. The predicted molar refractivity (Wildman–Crippen MR) is 59.0 cm³/mol. The van der Waals surface area contributed by atoms with Crippen molar-refractivity contribution in [3.63, 3.8) is 0 Å². The number of hydrogen-bond acceptors (Lipinski definition) is 3. The molecule has 1 amide bonds. The van der Waals surface area contributed by atoms with Crippen LogP contribution in [0.4, 0.5) is 0 Å². The van der Waals surface area contributed by atoms with E-state index in [1.54, 1.807) is 0 Å². The largest absolute Gasteiger partial charge is 0.368 e. The molecule has 1 aliphatic carbocycles. The highest BCUT2D eigenvalue weighted by Gasteiger charge is 2.40. The molecule has 4 N–H and O–H groups in total. The molecule has 2 rings (SSSR count). The Hall–Kier alpha value is -0.610. The van der Waals surface area contributed by atoms with Gasteiger partial charge in [0.05, 0.1) is 6.04 Å². The van der Waals surface area contributed by atoms with Crippen LogP contribution in [-0.4, -0.2) is 36.0 Å². The summed E-state index contributed by atoms with van der Waals surface area (Å²) in [4.78, 5) is 13.3. The standard InChI is InChI=1S/C11H21N3O/c1-7(11(13)15)14-5-8-3-2-4-10(12)9(8)6-14/h7-10H,2-6,12H2,1H3,(H2,13,15). The molecule has 1 saturated carbocycles. The summed E-state index contributed by atoms with van der Waals surface area (Å²) in [6.07, 6.45) is 3.64. The normalized spacial score (nSPS) is 38.7. The van der Waals surface area contributed by atoms with Crippen molar-refractivity contribution in [2.75, 3.05) is 13.1 Å². The Morgan fingerprint density at radius 1 is 1.40 bits per heavy atom. The molecule has 1 aliphatic heterocycles. The SMILES string of the molecule is CC(C(N)=O)N1CC2CCCC(N)C2C1. The Labute approximate surface area is 91.0 Å². The topological polar surface area (TPSA) is 72.4 Å². The third kappa shape index (κ3) is 2.01. The van der Waals surface area contributed by atoms with Gasteiger partial charge in [0.1, 0.15) is 0 Å². The van der Waals surface area contributed by atoms with Crippen molar-refractivity contribution in [1.82, 2.24) is 4.90 Å². The van der Waals surface area contributed by atoms with Crippen LogP contribution in [0, 0.1) is 11.8 Å². The average Bonchev–Trinajstić information content (AvgIpc) is 2.61. The van der Waals surface area contributed by atoms with Crippen molar-refractivity contribution in [2.24, 2.45) is 23.3 Å². The van der Waals surface area contributed by atoms with Crippen LogP contribution in [0.15, 0.2) is 0 Å². The van der Waals surface area contributed by atoms with Gasteiger partial charge in [-0.15, -0.1) is 0 Å². The van der Waals surface area contributed by atoms with Crippen molar-refractivity contribution >= 4 is 5.91 Å². The fourth-order valence-corrected chi connectivity index (χ4v) is 3.05. The number of nitrogens with zero attached hydrogens (tertiary/aromatic N) is 1. The van der Waals surface area contributed by atoms with Gasteiger partial charge in [-0.2, -0.15) is 0 Å². The molecule has 15 heavy (non-hydrogen) atoms. The van der Waals surface area contributed by atoms with Gasteiger partial charge < -0.3 is 11.5 Å². The summed E-state index contributed by atoms with van der Waals surface area (Å²) in [5.41, 5.74) is 11.4. The highest BCUT2D eigenvalue weighted by molar-refractivity contribution is 5.79. The third-order valence-electron chi connectivity index (χ3n) is 4.14. The summed E-state index contributed by atoms with van der Waals surface area (Å²) in [6, 6.07) is 0.191. The van der Waals surface area contributed by atoms with Crippen LogP contribution in [0.5, 0.6) is 0 Å². The molecule has 0 aromatic heterocycles. The first-order valence-electron chi connectivity index (χ1n) is 5.88. The van der Waals surface area contributed by atoms with E-state index in [4.69, 9.17) is 11.5 Å². The lowest BCUT2D eigenvalue weighted by molar-refractivity contribution is -0.122. The van der Waals surface area contributed by atoms with Gasteiger partial charge in [-0.25, -0.2) is 0 Å². The van der Waals surface area contributed by atoms with Crippen LogP contribution in [-0.2, 0) is 4.79 Å². The van der Waals surface area contributed by atoms with E-state index in [0.717, 1.165) is 19.5 Å². The van der Waals surface area contributed by atoms with E-state index in [1.165, 1.54) is 12.8 Å². The zero-order valence-electron chi connectivity index (χ0n) is 9.36. The van der Waals surface area contributed by atoms with E-state index in [2.05, 4.69) is 4.90 Å². The van der Waals surface area contributed by atoms with E-state index in [-0.39, 0.29) is 11.9 Å². The zero-order valence-corrected chi connectivity index (χ0v) is 9.36. The second-order valence-corrected chi connectivity index (χ2v) is 5.05. The first-order valence-corrected chi connectivity index (χ1v) is 5.88. The number of fused-ring (bicyclic) bond motifs is 1. The van der Waals surface area contributed by atoms with Crippen LogP contribution in [0.2, 0.25) is 0 Å². The van der Waals surface area contributed by atoms with Gasteiger partial charge in [0.2, 0.25) is 5.91 Å². The molecule has 1 saturated heterocycles. The molecule has 4 nitrogen and oxygen atoms in total. The molecule has 2 fully saturated rings. The molecule has 4 heteroatoms. The minimum atomic E-state index is -0.220. The van der Waals surface area contributed by atoms with Gasteiger partial charge >= 0.3 is 0 Å². The Morgan fingerprint density at radius 3 is 2.73 bits per heavy atom. The van der Waals surface area contributed by atoms with Crippen LogP contribution >= 0.6 is 0 Å². The van der Waals surface area contributed by atoms with Gasteiger partial charge in [-0.3, -0.25) is 9.69 Å². The monoisotopic (exact) mass is 211 g/mol. The second kappa shape index (κ2) is 4.10. The molecular formula is C11H21N3O. The first kappa shape index (κ1) is 10.9. The van der Waals surface area contributed by atoms with Gasteiger partial charge in [-0.05, 0) is 31.6 Å². The molecular weight excluding hydrogens is 190 g/mol. The fourth-order valence-electron chi connectivity index (χ4n) is 3.05. The van der Waals surface area contributed by atoms with Gasteiger partial charge in [0.25, 0.3) is 0 Å². The zero-order chi connectivity index (χ0) is 11.0. The minimum absolute atomic E-state index is 0.136. The lowest BCUT2D eigenvalue weighted by Crippen LogP contribution is -2.42. The number of likely N-dealkylation sites (tertiary alicyclic amines) is 1. The predicted octanol–water partition coefficient (Wildman–Crippen LogP) is -0.0806. The maximum Gasteiger partial charge on any atom is 0.234 e. The Kier molecular flexibility index (Phi) is 2.98. The molecule has 0 radical (unpaired) electrons. The van der Waals surface area contributed by atoms with E-state index < -0.39 is 0 Å². The highest BCUT2D eigenvalue weighted by Crippen LogP contribution is 2.36. The number of amides is 1. The molecule has 0 aromatic rings. The van der Waals surface area contributed by atoms with Crippen LogP contribution in [0.25, 0.3) is 0 Å². The number of hydrogen-bond donors (Lipinski definition) is 2. The number of carbonyl (C=O) groups excluding carboxylic acids is 1. The molecule has 2 aliphatic rings. The molecule has 0 aromatic carbocycles. The molecule has 0 spiro atoms. The Balaban J connectivity index is 2.00. The van der Waals surface area contributed by atoms with Crippen LogP contribution < -0.4 is 11.5 Å². The summed E-state index contributed by atoms with van der Waals surface area (Å²) >= 11 is 0. The maximum absolute atomic E-state index is 11.1. The van der Waals surface area contributed by atoms with E-state index in [1.807, 2.05) is 6.92 Å². The minimum Gasteiger partial charge on any atom is -0.368 e. The summed E-state index contributed by atoms with van der Waals surface area (Å²) < 4.78 is 0. The molecule has 4 unspecified atom stereocenters. The van der Waals surface area contributed by atoms with Crippen molar-refractivity contribution in [2.45, 2.75) is 38.3 Å². The van der Waals surface area contributed by atoms with Crippen molar-refractivity contribution in [3.05, 3.63) is 0 Å². The van der Waals surface area contributed by atoms with Crippen molar-refractivity contribution in [1.29, 1.82) is 0 Å².